The van der Waals surface area contributed by atoms with Crippen LogP contribution in [0.1, 0.15) is 27.6 Å². The third-order valence-corrected chi connectivity index (χ3v) is 3.64. The number of hydrogen-bond acceptors (Lipinski definition) is 4. The van der Waals surface area contributed by atoms with Crippen LogP contribution in [0.25, 0.3) is 0 Å². The molecule has 2 N–H and O–H groups in total. The molecule has 0 aromatic heterocycles. The molecule has 0 fully saturated rings. The molecule has 122 valence electrons. The first kappa shape index (κ1) is 17.1. The maximum atomic E-state index is 14.1. The SMILES string of the molecule is COc1cc(OC)c(C(O)c2cccc(Cl)c2F)cc1C(=O)O. The van der Waals surface area contributed by atoms with Crippen LogP contribution in [0.3, 0.4) is 0 Å². The molecule has 1 unspecified atom stereocenters. The molecule has 5 nitrogen and oxygen atoms in total. The van der Waals surface area contributed by atoms with Crippen LogP contribution in [0.4, 0.5) is 4.39 Å². The van der Waals surface area contributed by atoms with Gasteiger partial charge in [-0.3, -0.25) is 0 Å². The van der Waals surface area contributed by atoms with E-state index in [1.54, 1.807) is 0 Å². The van der Waals surface area contributed by atoms with E-state index in [4.69, 9.17) is 21.1 Å². The fourth-order valence-corrected chi connectivity index (χ4v) is 2.39. The Morgan fingerprint density at radius 3 is 2.39 bits per heavy atom. The average Bonchev–Trinajstić information content (AvgIpc) is 2.55. The summed E-state index contributed by atoms with van der Waals surface area (Å²) in [7, 11) is 2.66. The van der Waals surface area contributed by atoms with Gasteiger partial charge in [-0.15, -0.1) is 0 Å². The zero-order valence-electron chi connectivity index (χ0n) is 12.3. The zero-order chi connectivity index (χ0) is 17.1. The molecule has 0 saturated heterocycles. The fraction of sp³-hybridized carbons (Fsp3) is 0.188. The number of benzene rings is 2. The molecule has 0 aliphatic rings. The van der Waals surface area contributed by atoms with Crippen molar-refractivity contribution < 1.29 is 28.9 Å². The van der Waals surface area contributed by atoms with Crippen molar-refractivity contribution in [3.63, 3.8) is 0 Å². The second-order valence-electron chi connectivity index (χ2n) is 4.65. The Labute approximate surface area is 136 Å². The van der Waals surface area contributed by atoms with Gasteiger partial charge in [0.1, 0.15) is 29.0 Å². The van der Waals surface area contributed by atoms with Crippen LogP contribution in [-0.4, -0.2) is 30.4 Å². The van der Waals surface area contributed by atoms with E-state index < -0.39 is 17.9 Å². The molecule has 0 heterocycles. The van der Waals surface area contributed by atoms with Crippen molar-refractivity contribution in [1.29, 1.82) is 0 Å². The third-order valence-electron chi connectivity index (χ3n) is 3.35. The van der Waals surface area contributed by atoms with Crippen molar-refractivity contribution in [2.45, 2.75) is 6.10 Å². The summed E-state index contributed by atoms with van der Waals surface area (Å²) in [6, 6.07) is 6.70. The number of aliphatic hydroxyl groups excluding tert-OH is 1. The van der Waals surface area contributed by atoms with Gasteiger partial charge in [0.05, 0.1) is 19.2 Å². The number of carboxylic acid groups (broad SMARTS) is 1. The summed E-state index contributed by atoms with van der Waals surface area (Å²) >= 11 is 5.72. The quantitative estimate of drug-likeness (QED) is 0.873. The molecule has 0 radical (unpaired) electrons. The number of methoxy groups -OCH3 is 2. The summed E-state index contributed by atoms with van der Waals surface area (Å²) in [5.74, 6) is -1.79. The minimum Gasteiger partial charge on any atom is -0.496 e. The van der Waals surface area contributed by atoms with E-state index in [0.717, 1.165) is 0 Å². The first-order valence-electron chi connectivity index (χ1n) is 6.51. The van der Waals surface area contributed by atoms with E-state index in [0.29, 0.717) is 0 Å². The van der Waals surface area contributed by atoms with E-state index >= 15 is 0 Å². The van der Waals surface area contributed by atoms with Crippen molar-refractivity contribution >= 4 is 17.6 Å². The van der Waals surface area contributed by atoms with Crippen LogP contribution in [0, 0.1) is 5.82 Å². The van der Waals surface area contributed by atoms with E-state index in [-0.39, 0.29) is 33.2 Å². The minimum absolute atomic E-state index is 0.0665. The molecule has 0 aliphatic carbocycles. The van der Waals surface area contributed by atoms with Gasteiger partial charge in [0, 0.05) is 17.2 Å². The van der Waals surface area contributed by atoms with Gasteiger partial charge >= 0.3 is 5.97 Å². The van der Waals surface area contributed by atoms with E-state index in [1.807, 2.05) is 0 Å². The molecule has 2 aromatic carbocycles. The van der Waals surface area contributed by atoms with Crippen molar-refractivity contribution in [3.8, 4) is 11.5 Å². The van der Waals surface area contributed by atoms with Crippen LogP contribution in [-0.2, 0) is 0 Å². The van der Waals surface area contributed by atoms with Crippen molar-refractivity contribution in [2.75, 3.05) is 14.2 Å². The maximum absolute atomic E-state index is 14.1. The summed E-state index contributed by atoms with van der Waals surface area (Å²) in [5.41, 5.74) is -0.172. The Balaban J connectivity index is 2.63. The number of rotatable bonds is 5. The van der Waals surface area contributed by atoms with Gasteiger partial charge in [-0.2, -0.15) is 0 Å². The Morgan fingerprint density at radius 1 is 1.17 bits per heavy atom. The van der Waals surface area contributed by atoms with Crippen LogP contribution in [0.2, 0.25) is 5.02 Å². The lowest BCUT2D eigenvalue weighted by molar-refractivity contribution is 0.0693. The van der Waals surface area contributed by atoms with Crippen molar-refractivity contribution in [2.24, 2.45) is 0 Å². The number of carbonyl (C=O) groups is 1. The number of halogens is 2. The Bertz CT molecular complexity index is 747. The van der Waals surface area contributed by atoms with Gasteiger partial charge in [0.2, 0.25) is 0 Å². The molecule has 0 spiro atoms. The molecule has 23 heavy (non-hydrogen) atoms. The molecule has 0 bridgehead atoms. The topological polar surface area (TPSA) is 76.0 Å². The van der Waals surface area contributed by atoms with Gasteiger partial charge in [0.25, 0.3) is 0 Å². The number of aromatic carboxylic acids is 1. The maximum Gasteiger partial charge on any atom is 0.339 e. The number of hydrogen-bond donors (Lipinski definition) is 2. The van der Waals surface area contributed by atoms with Crippen LogP contribution >= 0.6 is 11.6 Å². The zero-order valence-corrected chi connectivity index (χ0v) is 13.1. The smallest absolute Gasteiger partial charge is 0.339 e. The van der Waals surface area contributed by atoms with Gasteiger partial charge < -0.3 is 19.7 Å². The van der Waals surface area contributed by atoms with Gasteiger partial charge in [-0.1, -0.05) is 23.7 Å². The molecular formula is C16H14ClFO5. The van der Waals surface area contributed by atoms with E-state index in [2.05, 4.69) is 0 Å². The lowest BCUT2D eigenvalue weighted by atomic mass is 9.97. The minimum atomic E-state index is -1.45. The molecule has 0 saturated carbocycles. The monoisotopic (exact) mass is 340 g/mol. The molecule has 0 aliphatic heterocycles. The van der Waals surface area contributed by atoms with Crippen molar-refractivity contribution in [3.05, 3.63) is 57.9 Å². The number of ether oxygens (including phenoxy) is 2. The predicted octanol–water partition coefficient (Wildman–Crippen LogP) is 3.28. The highest BCUT2D eigenvalue weighted by molar-refractivity contribution is 6.30. The highest BCUT2D eigenvalue weighted by Crippen LogP contribution is 2.37. The fourth-order valence-electron chi connectivity index (χ4n) is 2.20. The Kier molecular flexibility index (Phi) is 5.08. The Hall–Kier alpha value is -2.31. The van der Waals surface area contributed by atoms with Crippen LogP contribution < -0.4 is 9.47 Å². The summed E-state index contributed by atoms with van der Waals surface area (Å²) in [6.07, 6.45) is -1.45. The highest BCUT2D eigenvalue weighted by Gasteiger charge is 2.24. The van der Waals surface area contributed by atoms with Gasteiger partial charge in [0.15, 0.2) is 0 Å². The molecule has 1 atom stereocenters. The lowest BCUT2D eigenvalue weighted by Crippen LogP contribution is -2.09. The molecule has 2 aromatic rings. The number of carboxylic acids is 1. The standard InChI is InChI=1S/C16H14ClFO5/c1-22-12-7-13(23-2)10(16(20)21)6-9(12)15(19)8-4-3-5-11(17)14(8)18/h3-7,15,19H,1-2H3,(H,20,21). The molecule has 7 heteroatoms. The molecule has 0 amide bonds. The first-order valence-corrected chi connectivity index (χ1v) is 6.89. The summed E-state index contributed by atoms with van der Waals surface area (Å²) in [5, 5.41) is 19.6. The van der Waals surface area contributed by atoms with E-state index in [9.17, 15) is 19.4 Å². The normalized spacial score (nSPS) is 11.9. The Morgan fingerprint density at radius 2 is 1.83 bits per heavy atom. The van der Waals surface area contributed by atoms with Gasteiger partial charge in [-0.05, 0) is 12.1 Å². The van der Waals surface area contributed by atoms with Crippen LogP contribution in [0.5, 0.6) is 11.5 Å². The van der Waals surface area contributed by atoms with E-state index in [1.165, 1.54) is 44.6 Å². The summed E-state index contributed by atoms with van der Waals surface area (Å²) in [6.45, 7) is 0. The highest BCUT2D eigenvalue weighted by atomic mass is 35.5. The van der Waals surface area contributed by atoms with Crippen LogP contribution in [0.15, 0.2) is 30.3 Å². The summed E-state index contributed by atoms with van der Waals surface area (Å²) < 4.78 is 24.2. The predicted molar refractivity (Wildman–Crippen MR) is 82.0 cm³/mol. The second kappa shape index (κ2) is 6.85. The average molecular weight is 341 g/mol. The summed E-state index contributed by atoms with van der Waals surface area (Å²) in [4.78, 5) is 11.3. The number of aliphatic hydroxyl groups is 1. The molecular weight excluding hydrogens is 327 g/mol. The lowest BCUT2D eigenvalue weighted by Gasteiger charge is -2.18. The van der Waals surface area contributed by atoms with Gasteiger partial charge in [-0.25, -0.2) is 9.18 Å². The second-order valence-corrected chi connectivity index (χ2v) is 5.05. The first-order chi connectivity index (χ1) is 10.9. The third kappa shape index (κ3) is 3.23. The van der Waals surface area contributed by atoms with Crippen molar-refractivity contribution in [1.82, 2.24) is 0 Å². The molecule has 2 rings (SSSR count). The largest absolute Gasteiger partial charge is 0.496 e.